The Morgan fingerprint density at radius 1 is 1.07 bits per heavy atom. The molecule has 7 heteroatoms. The summed E-state index contributed by atoms with van der Waals surface area (Å²) in [5.41, 5.74) is 1.25. The van der Waals surface area contributed by atoms with Gasteiger partial charge in [0.25, 0.3) is 0 Å². The maximum Gasteiger partial charge on any atom is 0.408 e. The lowest BCUT2D eigenvalue weighted by molar-refractivity contribution is -0.152. The molecule has 29 heavy (non-hydrogen) atoms. The monoisotopic (exact) mass is 401 g/mol. The molecule has 7 nitrogen and oxygen atoms in total. The van der Waals surface area contributed by atoms with Gasteiger partial charge in [0.05, 0.1) is 12.0 Å². The summed E-state index contributed by atoms with van der Waals surface area (Å²) in [5.74, 6) is -0.124. The zero-order valence-corrected chi connectivity index (χ0v) is 16.9. The van der Waals surface area contributed by atoms with Gasteiger partial charge in [0.15, 0.2) is 6.10 Å². The van der Waals surface area contributed by atoms with Gasteiger partial charge >= 0.3 is 12.1 Å². The molecule has 2 heterocycles. The molecule has 1 N–H and O–H groups in total. The molecule has 158 valence electrons. The molecule has 0 unspecified atom stereocenters. The van der Waals surface area contributed by atoms with Gasteiger partial charge in [0.2, 0.25) is 0 Å². The normalized spacial score (nSPS) is 26.1. The number of ether oxygens (including phenoxy) is 2. The quantitative estimate of drug-likeness (QED) is 0.738. The minimum absolute atomic E-state index is 0.0123. The van der Waals surface area contributed by atoms with Gasteiger partial charge in [-0.05, 0) is 25.0 Å². The molecule has 1 saturated carbocycles. The van der Waals surface area contributed by atoms with Crippen molar-refractivity contribution in [1.82, 2.24) is 10.2 Å². The van der Waals surface area contributed by atoms with E-state index in [1.807, 2.05) is 6.07 Å². The standard InChI is InChI=1S/C22H31N3O4/c26-21(17-7-3-1-4-8-17)28-16-20-19(23-22(27)29-20)15-24-11-13-25(14-12-24)18-9-5-2-6-10-18/h2,5-6,9-10,17,19-20H,1,3-4,7-8,11-16H2,(H,23,27)/t19-,20-/m1/s1. The molecule has 0 radical (unpaired) electrons. The third-order valence-electron chi connectivity index (χ3n) is 6.29. The van der Waals surface area contributed by atoms with Crippen molar-refractivity contribution in [2.24, 2.45) is 5.92 Å². The van der Waals surface area contributed by atoms with Crippen LogP contribution in [0, 0.1) is 5.92 Å². The third-order valence-corrected chi connectivity index (χ3v) is 6.29. The SMILES string of the molecule is O=C1N[C@H](CN2CCN(c3ccccc3)CC2)[C@@H](COC(=O)C2CCCCC2)O1. The van der Waals surface area contributed by atoms with Crippen LogP contribution in [0.2, 0.25) is 0 Å². The number of esters is 1. The number of rotatable bonds is 6. The van der Waals surface area contributed by atoms with Crippen molar-refractivity contribution in [3.63, 3.8) is 0 Å². The maximum absolute atomic E-state index is 12.3. The molecule has 4 rings (SSSR count). The highest BCUT2D eigenvalue weighted by Crippen LogP contribution is 2.25. The van der Waals surface area contributed by atoms with Crippen molar-refractivity contribution in [2.45, 2.75) is 44.2 Å². The van der Waals surface area contributed by atoms with E-state index in [9.17, 15) is 9.59 Å². The second-order valence-electron chi connectivity index (χ2n) is 8.28. The van der Waals surface area contributed by atoms with E-state index in [2.05, 4.69) is 39.4 Å². The van der Waals surface area contributed by atoms with Gasteiger partial charge in [0.1, 0.15) is 6.61 Å². The van der Waals surface area contributed by atoms with Gasteiger partial charge in [0, 0.05) is 38.4 Å². The number of cyclic esters (lactones) is 1. The average Bonchev–Trinajstić information content (AvgIpc) is 3.12. The maximum atomic E-state index is 12.3. The Kier molecular flexibility index (Phi) is 6.54. The van der Waals surface area contributed by atoms with Crippen molar-refractivity contribution in [3.05, 3.63) is 30.3 Å². The van der Waals surface area contributed by atoms with E-state index in [1.165, 1.54) is 12.1 Å². The van der Waals surface area contributed by atoms with Gasteiger partial charge in [-0.2, -0.15) is 0 Å². The molecule has 2 atom stereocenters. The summed E-state index contributed by atoms with van der Waals surface area (Å²) in [5, 5.41) is 2.89. The number of amides is 1. The lowest BCUT2D eigenvalue weighted by atomic mass is 9.89. The first-order chi connectivity index (χ1) is 14.2. The summed E-state index contributed by atoms with van der Waals surface area (Å²) >= 11 is 0. The number of benzene rings is 1. The van der Waals surface area contributed by atoms with Crippen molar-refractivity contribution >= 4 is 17.7 Å². The zero-order valence-electron chi connectivity index (χ0n) is 16.9. The molecule has 3 aliphatic rings. The molecule has 1 aromatic carbocycles. The fourth-order valence-corrected chi connectivity index (χ4v) is 4.54. The molecule has 2 saturated heterocycles. The molecule has 1 aromatic rings. The van der Waals surface area contributed by atoms with Crippen molar-refractivity contribution < 1.29 is 19.1 Å². The topological polar surface area (TPSA) is 71.1 Å². The minimum Gasteiger partial charge on any atom is -0.461 e. The molecular weight excluding hydrogens is 370 g/mol. The summed E-state index contributed by atoms with van der Waals surface area (Å²) in [6.45, 7) is 4.61. The molecule has 2 aliphatic heterocycles. The first kappa shape index (κ1) is 20.0. The van der Waals surface area contributed by atoms with Crippen molar-refractivity contribution in [3.8, 4) is 0 Å². The van der Waals surface area contributed by atoms with E-state index in [0.717, 1.165) is 51.9 Å². The number of para-hydroxylation sites is 1. The Labute approximate surface area is 172 Å². The average molecular weight is 402 g/mol. The van der Waals surface area contributed by atoms with Crippen LogP contribution in [0.15, 0.2) is 30.3 Å². The number of nitrogens with zero attached hydrogens (tertiary/aromatic N) is 2. The predicted octanol–water partition coefficient (Wildman–Crippen LogP) is 2.41. The van der Waals surface area contributed by atoms with Crippen LogP contribution in [0.4, 0.5) is 10.5 Å². The number of carbonyl (C=O) groups is 2. The zero-order chi connectivity index (χ0) is 20.1. The Morgan fingerprint density at radius 2 is 1.79 bits per heavy atom. The first-order valence-corrected chi connectivity index (χ1v) is 10.8. The molecule has 1 aliphatic carbocycles. The van der Waals surface area contributed by atoms with E-state index in [4.69, 9.17) is 9.47 Å². The molecule has 0 aromatic heterocycles. The summed E-state index contributed by atoms with van der Waals surface area (Å²) in [7, 11) is 0. The molecule has 0 bridgehead atoms. The van der Waals surface area contributed by atoms with Gasteiger partial charge in [-0.3, -0.25) is 9.69 Å². The first-order valence-electron chi connectivity index (χ1n) is 10.8. The largest absolute Gasteiger partial charge is 0.461 e. The van der Waals surface area contributed by atoms with Crippen molar-refractivity contribution in [1.29, 1.82) is 0 Å². The summed E-state index contributed by atoms with van der Waals surface area (Å²) < 4.78 is 10.9. The lowest BCUT2D eigenvalue weighted by Gasteiger charge is -2.37. The van der Waals surface area contributed by atoms with Crippen LogP contribution < -0.4 is 10.2 Å². The van der Waals surface area contributed by atoms with E-state index in [1.54, 1.807) is 0 Å². The summed E-state index contributed by atoms with van der Waals surface area (Å²) in [4.78, 5) is 28.8. The van der Waals surface area contributed by atoms with Crippen LogP contribution in [-0.4, -0.2) is 68.4 Å². The Hall–Kier alpha value is -2.28. The second-order valence-corrected chi connectivity index (χ2v) is 8.28. The number of nitrogens with one attached hydrogen (secondary N) is 1. The van der Waals surface area contributed by atoms with Crippen LogP contribution in [0.5, 0.6) is 0 Å². The number of anilines is 1. The predicted molar refractivity (Wildman–Crippen MR) is 110 cm³/mol. The molecule has 1 amide bonds. The Morgan fingerprint density at radius 3 is 2.52 bits per heavy atom. The highest BCUT2D eigenvalue weighted by atomic mass is 16.6. The highest BCUT2D eigenvalue weighted by Gasteiger charge is 2.37. The number of alkyl carbamates (subject to hydrolysis) is 1. The van der Waals surface area contributed by atoms with Gasteiger partial charge in [-0.1, -0.05) is 37.5 Å². The van der Waals surface area contributed by atoms with Crippen LogP contribution in [0.1, 0.15) is 32.1 Å². The van der Waals surface area contributed by atoms with E-state index >= 15 is 0 Å². The summed E-state index contributed by atoms with van der Waals surface area (Å²) in [6.07, 6.45) is 4.38. The van der Waals surface area contributed by atoms with E-state index < -0.39 is 12.2 Å². The van der Waals surface area contributed by atoms with Gasteiger partial charge in [-0.15, -0.1) is 0 Å². The van der Waals surface area contributed by atoms with Crippen LogP contribution >= 0.6 is 0 Å². The van der Waals surface area contributed by atoms with E-state index in [-0.39, 0.29) is 24.5 Å². The minimum atomic E-state index is -0.420. The fourth-order valence-electron chi connectivity index (χ4n) is 4.54. The van der Waals surface area contributed by atoms with Gasteiger partial charge in [-0.25, -0.2) is 4.79 Å². The van der Waals surface area contributed by atoms with Crippen molar-refractivity contribution in [2.75, 3.05) is 44.2 Å². The lowest BCUT2D eigenvalue weighted by Crippen LogP contribution is -2.52. The summed E-state index contributed by atoms with van der Waals surface area (Å²) in [6, 6.07) is 10.3. The van der Waals surface area contributed by atoms with Crippen LogP contribution in [-0.2, 0) is 14.3 Å². The fraction of sp³-hybridized carbons (Fsp3) is 0.636. The van der Waals surface area contributed by atoms with E-state index in [0.29, 0.717) is 6.54 Å². The Bertz CT molecular complexity index is 685. The number of hydrogen-bond acceptors (Lipinski definition) is 6. The third kappa shape index (κ3) is 5.21. The molecule has 0 spiro atoms. The number of piperazine rings is 1. The smallest absolute Gasteiger partial charge is 0.408 e. The van der Waals surface area contributed by atoms with Crippen LogP contribution in [0.25, 0.3) is 0 Å². The number of hydrogen-bond donors (Lipinski definition) is 1. The van der Waals surface area contributed by atoms with Crippen LogP contribution in [0.3, 0.4) is 0 Å². The highest BCUT2D eigenvalue weighted by molar-refractivity contribution is 5.73. The molecule has 3 fully saturated rings. The second kappa shape index (κ2) is 9.48. The molecular formula is C22H31N3O4. The van der Waals surface area contributed by atoms with Gasteiger partial charge < -0.3 is 19.7 Å². The Balaban J connectivity index is 1.24. The number of carbonyl (C=O) groups excluding carboxylic acids is 2.